The van der Waals surface area contributed by atoms with Crippen molar-refractivity contribution in [1.29, 1.82) is 0 Å². The Hall–Kier alpha value is -0.640. The Morgan fingerprint density at radius 1 is 1.05 bits per heavy atom. The summed E-state index contributed by atoms with van der Waals surface area (Å²) in [5, 5.41) is 0.857. The topological polar surface area (TPSA) is 25.8 Å². The van der Waals surface area contributed by atoms with Gasteiger partial charge in [-0.15, -0.1) is 0 Å². The first kappa shape index (κ1) is 13.3. The van der Waals surface area contributed by atoms with Gasteiger partial charge in [0.05, 0.1) is 5.56 Å². The van der Waals surface area contributed by atoms with E-state index in [-0.39, 0.29) is 0 Å². The van der Waals surface area contributed by atoms with Crippen molar-refractivity contribution in [3.63, 3.8) is 0 Å². The third-order valence-electron chi connectivity index (χ3n) is 3.17. The molecule has 0 aliphatic heterocycles. The molecule has 0 bridgehead atoms. The van der Waals surface area contributed by atoms with Crippen LogP contribution in [0.2, 0.25) is 10.3 Å². The van der Waals surface area contributed by atoms with E-state index < -0.39 is 0 Å². The molecule has 1 heterocycles. The van der Waals surface area contributed by atoms with Gasteiger partial charge in [0.1, 0.15) is 16.1 Å². The van der Waals surface area contributed by atoms with Crippen LogP contribution in [-0.4, -0.2) is 9.97 Å². The molecule has 1 aromatic heterocycles. The van der Waals surface area contributed by atoms with Crippen LogP contribution < -0.4 is 0 Å². The van der Waals surface area contributed by atoms with E-state index in [4.69, 9.17) is 23.2 Å². The van der Waals surface area contributed by atoms with Gasteiger partial charge in [0, 0.05) is 10.9 Å². The fraction of sp³-hybridized carbons (Fsp3) is 0.286. The summed E-state index contributed by atoms with van der Waals surface area (Å²) in [6.45, 7) is 0. The molecule has 1 saturated carbocycles. The fourth-order valence-corrected chi connectivity index (χ4v) is 2.88. The number of hydrogen-bond donors (Lipinski definition) is 0. The van der Waals surface area contributed by atoms with Crippen molar-refractivity contribution in [2.24, 2.45) is 5.92 Å². The highest BCUT2D eigenvalue weighted by atomic mass is 79.9. The third kappa shape index (κ3) is 3.10. The molecule has 0 N–H and O–H groups in total. The van der Waals surface area contributed by atoms with E-state index in [0.717, 1.165) is 22.3 Å². The lowest BCUT2D eigenvalue weighted by atomic mass is 10.1. The highest BCUT2D eigenvalue weighted by molar-refractivity contribution is 9.10. The maximum atomic E-state index is 6.27. The van der Waals surface area contributed by atoms with E-state index in [9.17, 15) is 0 Å². The Kier molecular flexibility index (Phi) is 3.79. The highest BCUT2D eigenvalue weighted by Gasteiger charge is 2.24. The minimum Gasteiger partial charge on any atom is -0.220 e. The van der Waals surface area contributed by atoms with Gasteiger partial charge < -0.3 is 0 Å². The Morgan fingerprint density at radius 3 is 2.16 bits per heavy atom. The first-order valence-electron chi connectivity index (χ1n) is 6.11. The molecule has 0 unspecified atom stereocenters. The van der Waals surface area contributed by atoms with Crippen LogP contribution in [0, 0.1) is 5.92 Å². The second kappa shape index (κ2) is 5.39. The number of halogens is 3. The Balaban J connectivity index is 1.98. The molecule has 1 aliphatic rings. The second-order valence-corrected chi connectivity index (χ2v) is 6.38. The predicted octanol–water partition coefficient (Wildman–Crippen LogP) is 5.17. The quantitative estimate of drug-likeness (QED) is 0.708. The van der Waals surface area contributed by atoms with Crippen LogP contribution >= 0.6 is 39.1 Å². The normalized spacial score (nSPS) is 14.7. The van der Waals surface area contributed by atoms with Crippen molar-refractivity contribution < 1.29 is 0 Å². The summed E-state index contributed by atoms with van der Waals surface area (Å²) in [6.07, 6.45) is 3.39. The van der Waals surface area contributed by atoms with Gasteiger partial charge in [0.2, 0.25) is 0 Å². The summed E-state index contributed by atoms with van der Waals surface area (Å²) in [4.78, 5) is 8.74. The number of benzene rings is 1. The maximum absolute atomic E-state index is 6.27. The standard InChI is InChI=1S/C14H11BrCl2N2/c15-10-5-3-9(4-6-10)12-13(16)18-11(19-14(12)17)7-8-1-2-8/h3-6,8H,1-2,7H2. The Bertz CT molecular complexity index is 586. The smallest absolute Gasteiger partial charge is 0.142 e. The molecule has 1 aromatic carbocycles. The van der Waals surface area contributed by atoms with E-state index >= 15 is 0 Å². The molecular formula is C14H11BrCl2N2. The Labute approximate surface area is 130 Å². The minimum absolute atomic E-state index is 0.429. The summed E-state index contributed by atoms with van der Waals surface area (Å²) >= 11 is 15.9. The lowest BCUT2D eigenvalue weighted by molar-refractivity contribution is 0.770. The molecule has 0 spiro atoms. The maximum Gasteiger partial charge on any atom is 0.142 e. The zero-order valence-corrected chi connectivity index (χ0v) is 13.1. The highest BCUT2D eigenvalue weighted by Crippen LogP contribution is 2.36. The van der Waals surface area contributed by atoms with Crippen molar-refractivity contribution in [3.8, 4) is 11.1 Å². The average molecular weight is 358 g/mol. The van der Waals surface area contributed by atoms with Gasteiger partial charge in [-0.2, -0.15) is 0 Å². The lowest BCUT2D eigenvalue weighted by Crippen LogP contribution is -1.99. The second-order valence-electron chi connectivity index (χ2n) is 4.75. The van der Waals surface area contributed by atoms with Crippen LogP contribution in [0.15, 0.2) is 28.7 Å². The van der Waals surface area contributed by atoms with E-state index in [0.29, 0.717) is 21.8 Å². The fourth-order valence-electron chi connectivity index (χ4n) is 1.97. The van der Waals surface area contributed by atoms with Crippen LogP contribution in [0.5, 0.6) is 0 Å². The summed E-state index contributed by atoms with van der Waals surface area (Å²) in [6, 6.07) is 7.78. The summed E-state index contributed by atoms with van der Waals surface area (Å²) in [5.41, 5.74) is 1.63. The molecule has 19 heavy (non-hydrogen) atoms. The largest absolute Gasteiger partial charge is 0.220 e. The van der Waals surface area contributed by atoms with E-state index in [1.807, 2.05) is 24.3 Å². The van der Waals surface area contributed by atoms with Gasteiger partial charge in [0.25, 0.3) is 0 Å². The van der Waals surface area contributed by atoms with Crippen LogP contribution in [0.25, 0.3) is 11.1 Å². The van der Waals surface area contributed by atoms with Crippen LogP contribution in [-0.2, 0) is 6.42 Å². The molecule has 98 valence electrons. The van der Waals surface area contributed by atoms with Crippen LogP contribution in [0.4, 0.5) is 0 Å². The van der Waals surface area contributed by atoms with Crippen molar-refractivity contribution in [2.45, 2.75) is 19.3 Å². The zero-order valence-electron chi connectivity index (χ0n) is 10.0. The van der Waals surface area contributed by atoms with Gasteiger partial charge in [-0.05, 0) is 36.5 Å². The molecule has 3 rings (SSSR count). The van der Waals surface area contributed by atoms with Crippen molar-refractivity contribution >= 4 is 39.1 Å². The van der Waals surface area contributed by atoms with E-state index in [2.05, 4.69) is 25.9 Å². The third-order valence-corrected chi connectivity index (χ3v) is 4.24. The SMILES string of the molecule is Clc1nc(CC2CC2)nc(Cl)c1-c1ccc(Br)cc1. The summed E-state index contributed by atoms with van der Waals surface area (Å²) < 4.78 is 1.01. The first-order valence-corrected chi connectivity index (χ1v) is 7.66. The average Bonchev–Trinajstić information content (AvgIpc) is 3.14. The predicted molar refractivity (Wildman–Crippen MR) is 81.6 cm³/mol. The zero-order chi connectivity index (χ0) is 13.4. The van der Waals surface area contributed by atoms with Gasteiger partial charge >= 0.3 is 0 Å². The molecule has 2 aromatic rings. The molecule has 5 heteroatoms. The number of rotatable bonds is 3. The summed E-state index contributed by atoms with van der Waals surface area (Å²) in [7, 11) is 0. The van der Waals surface area contributed by atoms with E-state index in [1.165, 1.54) is 12.8 Å². The molecular weight excluding hydrogens is 347 g/mol. The minimum atomic E-state index is 0.429. The van der Waals surface area contributed by atoms with Crippen molar-refractivity contribution in [1.82, 2.24) is 9.97 Å². The van der Waals surface area contributed by atoms with Crippen molar-refractivity contribution in [3.05, 3.63) is 44.9 Å². The molecule has 1 aliphatic carbocycles. The Morgan fingerprint density at radius 2 is 1.63 bits per heavy atom. The van der Waals surface area contributed by atoms with E-state index in [1.54, 1.807) is 0 Å². The number of nitrogens with zero attached hydrogens (tertiary/aromatic N) is 2. The summed E-state index contributed by atoms with van der Waals surface area (Å²) in [5.74, 6) is 1.46. The molecule has 0 radical (unpaired) electrons. The van der Waals surface area contributed by atoms with Crippen molar-refractivity contribution in [2.75, 3.05) is 0 Å². The first-order chi connectivity index (χ1) is 9.13. The lowest BCUT2D eigenvalue weighted by Gasteiger charge is -2.08. The molecule has 1 fully saturated rings. The van der Waals surface area contributed by atoms with Gasteiger partial charge in [-0.3, -0.25) is 0 Å². The molecule has 0 atom stereocenters. The van der Waals surface area contributed by atoms with Crippen LogP contribution in [0.3, 0.4) is 0 Å². The molecule has 0 amide bonds. The van der Waals surface area contributed by atoms with Crippen LogP contribution in [0.1, 0.15) is 18.7 Å². The molecule has 2 nitrogen and oxygen atoms in total. The monoisotopic (exact) mass is 356 g/mol. The van der Waals surface area contributed by atoms with Gasteiger partial charge in [-0.1, -0.05) is 51.3 Å². The number of aromatic nitrogens is 2. The van der Waals surface area contributed by atoms with Gasteiger partial charge in [-0.25, -0.2) is 9.97 Å². The molecule has 0 saturated heterocycles. The van der Waals surface area contributed by atoms with Gasteiger partial charge in [0.15, 0.2) is 0 Å². The number of hydrogen-bond acceptors (Lipinski definition) is 2.